The predicted molar refractivity (Wildman–Crippen MR) is 116 cm³/mol. The molecule has 0 unspecified atom stereocenters. The van der Waals surface area contributed by atoms with E-state index in [1.807, 2.05) is 6.20 Å². The molecule has 3 aromatic rings. The number of hydrogen-bond acceptors (Lipinski definition) is 6. The van der Waals surface area contributed by atoms with Crippen LogP contribution in [0, 0.1) is 23.1 Å². The highest BCUT2D eigenvalue weighted by atomic mass is 19.1. The lowest BCUT2D eigenvalue weighted by atomic mass is 9.85. The first-order valence-electron chi connectivity index (χ1n) is 10.4. The molecular formula is C22H24FN7O. The Morgan fingerprint density at radius 3 is 2.87 bits per heavy atom. The van der Waals surface area contributed by atoms with Gasteiger partial charge in [0.25, 0.3) is 0 Å². The van der Waals surface area contributed by atoms with E-state index in [0.29, 0.717) is 30.3 Å². The largest absolute Gasteiger partial charge is 0.369 e. The van der Waals surface area contributed by atoms with E-state index in [0.717, 1.165) is 42.1 Å². The third-order valence-electron chi connectivity index (χ3n) is 5.79. The second kappa shape index (κ2) is 9.00. The molecule has 0 spiro atoms. The molecule has 8 nitrogen and oxygen atoms in total. The van der Waals surface area contributed by atoms with Gasteiger partial charge >= 0.3 is 0 Å². The predicted octanol–water partition coefficient (Wildman–Crippen LogP) is 3.08. The van der Waals surface area contributed by atoms with Crippen molar-refractivity contribution in [2.24, 2.45) is 11.7 Å². The monoisotopic (exact) mass is 421 g/mol. The van der Waals surface area contributed by atoms with Crippen LogP contribution < -0.4 is 16.4 Å². The van der Waals surface area contributed by atoms with Gasteiger partial charge in [-0.25, -0.2) is 9.37 Å². The number of aromatic amines is 1. The third-order valence-corrected chi connectivity index (χ3v) is 5.79. The normalized spacial score (nSPS) is 18.5. The lowest BCUT2D eigenvalue weighted by Gasteiger charge is -2.28. The van der Waals surface area contributed by atoms with E-state index in [1.165, 1.54) is 18.3 Å². The maximum Gasteiger partial charge on any atom is 0.224 e. The molecule has 5 N–H and O–H groups in total. The molecule has 0 saturated heterocycles. The minimum absolute atomic E-state index is 0.0749. The molecule has 160 valence electrons. The molecule has 1 aliphatic rings. The number of nitriles is 1. The number of halogens is 1. The van der Waals surface area contributed by atoms with E-state index in [2.05, 4.69) is 31.7 Å². The molecule has 9 heteroatoms. The van der Waals surface area contributed by atoms with Gasteiger partial charge in [0.05, 0.1) is 6.20 Å². The van der Waals surface area contributed by atoms with Crippen LogP contribution in [0.1, 0.15) is 36.8 Å². The average Bonchev–Trinajstić information content (AvgIpc) is 3.16. The summed E-state index contributed by atoms with van der Waals surface area (Å²) in [4.78, 5) is 23.2. The van der Waals surface area contributed by atoms with Gasteiger partial charge in [-0.05, 0) is 55.9 Å². The summed E-state index contributed by atoms with van der Waals surface area (Å²) < 4.78 is 13.5. The van der Waals surface area contributed by atoms with E-state index >= 15 is 0 Å². The SMILES string of the molecule is N#Cc1cnc(NCCc2c[nH]c3ccc(F)cc23)nc1NC1CCC(C(N)=O)CC1. The van der Waals surface area contributed by atoms with Crippen molar-refractivity contribution < 1.29 is 9.18 Å². The van der Waals surface area contributed by atoms with Crippen LogP contribution in [0.4, 0.5) is 16.2 Å². The number of carbonyl (C=O) groups excluding carboxylic acids is 1. The molecule has 31 heavy (non-hydrogen) atoms. The van der Waals surface area contributed by atoms with Crippen molar-refractivity contribution in [3.05, 3.63) is 47.5 Å². The quantitative estimate of drug-likeness (QED) is 0.463. The van der Waals surface area contributed by atoms with Crippen molar-refractivity contribution in [3.8, 4) is 6.07 Å². The van der Waals surface area contributed by atoms with Gasteiger partial charge in [-0.15, -0.1) is 0 Å². The number of amides is 1. The average molecular weight is 421 g/mol. The van der Waals surface area contributed by atoms with Crippen molar-refractivity contribution in [3.63, 3.8) is 0 Å². The van der Waals surface area contributed by atoms with Crippen molar-refractivity contribution >= 4 is 28.6 Å². The Kier molecular flexibility index (Phi) is 5.98. The molecule has 0 atom stereocenters. The van der Waals surface area contributed by atoms with Gasteiger partial charge < -0.3 is 21.4 Å². The first kappa shape index (κ1) is 20.6. The van der Waals surface area contributed by atoms with E-state index < -0.39 is 0 Å². The van der Waals surface area contributed by atoms with Crippen LogP contribution in [0.15, 0.2) is 30.6 Å². The number of nitrogens with zero attached hydrogens (tertiary/aromatic N) is 3. The summed E-state index contributed by atoms with van der Waals surface area (Å²) in [5.41, 5.74) is 7.66. The van der Waals surface area contributed by atoms with Gasteiger partial charge in [0.1, 0.15) is 23.3 Å². The summed E-state index contributed by atoms with van der Waals surface area (Å²) in [6.07, 6.45) is 7.08. The lowest BCUT2D eigenvalue weighted by molar-refractivity contribution is -0.122. The molecule has 1 saturated carbocycles. The third kappa shape index (κ3) is 4.74. The van der Waals surface area contributed by atoms with Crippen LogP contribution >= 0.6 is 0 Å². The van der Waals surface area contributed by atoms with Gasteiger partial charge in [-0.3, -0.25) is 4.79 Å². The van der Waals surface area contributed by atoms with Crippen molar-refractivity contribution in [1.29, 1.82) is 5.26 Å². The standard InChI is InChI=1S/C22H24FN7O/c23-16-3-6-19-18(9-16)14(11-27-19)7-8-26-22-28-12-15(10-24)21(30-22)29-17-4-1-13(2-5-17)20(25)31/h3,6,9,11-13,17,27H,1-2,4-5,7-8H2,(H2,25,31)(H2,26,28,29,30). The van der Waals surface area contributed by atoms with Gasteiger partial charge in [-0.1, -0.05) is 0 Å². The molecular weight excluding hydrogens is 397 g/mol. The van der Waals surface area contributed by atoms with Crippen LogP contribution in [0.5, 0.6) is 0 Å². The number of nitrogens with one attached hydrogen (secondary N) is 3. The van der Waals surface area contributed by atoms with E-state index in [9.17, 15) is 14.4 Å². The van der Waals surface area contributed by atoms with Crippen LogP contribution in [-0.4, -0.2) is 33.4 Å². The topological polar surface area (TPSA) is 133 Å². The highest BCUT2D eigenvalue weighted by Crippen LogP contribution is 2.27. The molecule has 2 heterocycles. The van der Waals surface area contributed by atoms with Crippen molar-refractivity contribution in [2.45, 2.75) is 38.1 Å². The molecule has 1 aromatic carbocycles. The Hall–Kier alpha value is -3.67. The number of hydrogen-bond donors (Lipinski definition) is 4. The molecule has 0 bridgehead atoms. The smallest absolute Gasteiger partial charge is 0.224 e. The van der Waals surface area contributed by atoms with Crippen LogP contribution in [0.2, 0.25) is 0 Å². The maximum atomic E-state index is 13.5. The fourth-order valence-corrected chi connectivity index (χ4v) is 4.04. The number of carbonyl (C=O) groups is 1. The fourth-order valence-electron chi connectivity index (χ4n) is 4.04. The highest BCUT2D eigenvalue weighted by molar-refractivity contribution is 5.83. The van der Waals surface area contributed by atoms with E-state index in [-0.39, 0.29) is 23.7 Å². The van der Waals surface area contributed by atoms with Gasteiger partial charge in [0, 0.05) is 35.6 Å². The molecule has 0 aliphatic heterocycles. The minimum atomic E-state index is -0.266. The molecule has 1 fully saturated rings. The molecule has 0 radical (unpaired) electrons. The van der Waals surface area contributed by atoms with Crippen LogP contribution in [0.25, 0.3) is 10.9 Å². The van der Waals surface area contributed by atoms with Crippen molar-refractivity contribution in [1.82, 2.24) is 15.0 Å². The zero-order chi connectivity index (χ0) is 21.8. The second-order valence-corrected chi connectivity index (χ2v) is 7.84. The Labute approximate surface area is 179 Å². The van der Waals surface area contributed by atoms with Crippen LogP contribution in [0.3, 0.4) is 0 Å². The van der Waals surface area contributed by atoms with Crippen LogP contribution in [-0.2, 0) is 11.2 Å². The second-order valence-electron chi connectivity index (χ2n) is 7.84. The summed E-state index contributed by atoms with van der Waals surface area (Å²) in [7, 11) is 0. The molecule has 1 aliphatic carbocycles. The first-order chi connectivity index (χ1) is 15.0. The highest BCUT2D eigenvalue weighted by Gasteiger charge is 2.25. The zero-order valence-electron chi connectivity index (χ0n) is 17.0. The van der Waals surface area contributed by atoms with E-state index in [1.54, 1.807) is 6.07 Å². The summed E-state index contributed by atoms with van der Waals surface area (Å²) in [5, 5.41) is 16.7. The summed E-state index contributed by atoms with van der Waals surface area (Å²) in [5.74, 6) is 0.309. The fraction of sp³-hybridized carbons (Fsp3) is 0.364. The summed E-state index contributed by atoms with van der Waals surface area (Å²) in [6, 6.07) is 6.92. The Balaban J connectivity index is 1.38. The molecule has 2 aromatic heterocycles. The van der Waals surface area contributed by atoms with Crippen molar-refractivity contribution in [2.75, 3.05) is 17.2 Å². The lowest BCUT2D eigenvalue weighted by Crippen LogP contribution is -2.32. The Morgan fingerprint density at radius 2 is 2.13 bits per heavy atom. The number of rotatable bonds is 7. The Bertz CT molecular complexity index is 1130. The van der Waals surface area contributed by atoms with Gasteiger partial charge in [0.15, 0.2) is 0 Å². The number of fused-ring (bicyclic) bond motifs is 1. The number of H-pyrrole nitrogens is 1. The number of anilines is 2. The van der Waals surface area contributed by atoms with E-state index in [4.69, 9.17) is 5.73 Å². The summed E-state index contributed by atoms with van der Waals surface area (Å²) in [6.45, 7) is 0.554. The summed E-state index contributed by atoms with van der Waals surface area (Å²) >= 11 is 0. The minimum Gasteiger partial charge on any atom is -0.369 e. The first-order valence-corrected chi connectivity index (χ1v) is 10.4. The zero-order valence-corrected chi connectivity index (χ0v) is 17.0. The number of benzene rings is 1. The number of nitrogens with two attached hydrogens (primary N) is 1. The number of aromatic nitrogens is 3. The maximum absolute atomic E-state index is 13.5. The molecule has 1 amide bonds. The molecule has 4 rings (SSSR count). The van der Waals surface area contributed by atoms with Gasteiger partial charge in [-0.2, -0.15) is 10.2 Å². The van der Waals surface area contributed by atoms with Gasteiger partial charge in [0.2, 0.25) is 11.9 Å². The number of primary amides is 1. The Morgan fingerprint density at radius 1 is 1.32 bits per heavy atom.